The molecule has 122 valence electrons. The van der Waals surface area contributed by atoms with Gasteiger partial charge in [0, 0.05) is 12.4 Å². The number of hydrazine groups is 1. The molecule has 0 aliphatic heterocycles. The maximum Gasteiger partial charge on any atom is 0.286 e. The number of aromatic nitrogens is 2. The molecule has 0 aliphatic carbocycles. The molecule has 2 rings (SSSR count). The number of amides is 1. The van der Waals surface area contributed by atoms with Crippen molar-refractivity contribution in [2.24, 2.45) is 0 Å². The molecule has 1 aromatic heterocycles. The normalized spacial score (nSPS) is 12.6. The minimum Gasteiger partial charge on any atom is -0.272 e. The van der Waals surface area contributed by atoms with E-state index in [9.17, 15) is 13.2 Å². The van der Waals surface area contributed by atoms with Crippen LogP contribution in [0.3, 0.4) is 0 Å². The molecule has 1 amide bonds. The highest BCUT2D eigenvalue weighted by atomic mass is 32.2. The summed E-state index contributed by atoms with van der Waals surface area (Å²) in [6.07, 6.45) is 4.97. The summed E-state index contributed by atoms with van der Waals surface area (Å²) in [5.74, 6) is -0.325. The Morgan fingerprint density at radius 2 is 1.91 bits per heavy atom. The van der Waals surface area contributed by atoms with Gasteiger partial charge in [0.1, 0.15) is 5.69 Å². The van der Waals surface area contributed by atoms with Gasteiger partial charge in [0.05, 0.1) is 11.1 Å². The van der Waals surface area contributed by atoms with E-state index < -0.39 is 15.9 Å². The van der Waals surface area contributed by atoms with E-state index in [1.807, 2.05) is 4.83 Å². The summed E-state index contributed by atoms with van der Waals surface area (Å²) >= 11 is 0. The number of hydrogen-bond donors (Lipinski definition) is 2. The Morgan fingerprint density at radius 1 is 1.22 bits per heavy atom. The molecule has 0 radical (unpaired) electrons. The third-order valence-corrected chi connectivity index (χ3v) is 4.73. The molecule has 2 aromatic rings. The number of hydrogen-bond acceptors (Lipinski definition) is 5. The van der Waals surface area contributed by atoms with E-state index in [0.717, 1.165) is 12.0 Å². The monoisotopic (exact) mass is 334 g/mol. The van der Waals surface area contributed by atoms with Crippen LogP contribution in [-0.4, -0.2) is 24.3 Å². The fraction of sp³-hybridized carbons (Fsp3) is 0.267. The number of sulfonamides is 1. The smallest absolute Gasteiger partial charge is 0.272 e. The van der Waals surface area contributed by atoms with Crippen LogP contribution in [0.25, 0.3) is 0 Å². The van der Waals surface area contributed by atoms with Gasteiger partial charge in [0.2, 0.25) is 0 Å². The van der Waals surface area contributed by atoms with Crippen LogP contribution in [-0.2, 0) is 10.0 Å². The van der Waals surface area contributed by atoms with Crippen molar-refractivity contribution in [3.8, 4) is 0 Å². The Balaban J connectivity index is 2.06. The second-order valence-corrected chi connectivity index (χ2v) is 6.71. The van der Waals surface area contributed by atoms with Gasteiger partial charge in [-0.15, -0.1) is 4.83 Å². The number of nitrogens with one attached hydrogen (secondary N) is 2. The lowest BCUT2D eigenvalue weighted by atomic mass is 9.99. The molecule has 1 aromatic carbocycles. The molecule has 2 N–H and O–H groups in total. The van der Waals surface area contributed by atoms with Crippen LogP contribution in [0.15, 0.2) is 47.8 Å². The van der Waals surface area contributed by atoms with Crippen molar-refractivity contribution in [1.29, 1.82) is 0 Å². The molecule has 23 heavy (non-hydrogen) atoms. The zero-order valence-electron chi connectivity index (χ0n) is 12.9. The quantitative estimate of drug-likeness (QED) is 0.782. The fourth-order valence-electron chi connectivity index (χ4n) is 1.86. The molecular weight excluding hydrogens is 316 g/mol. The Kier molecular flexibility index (Phi) is 5.41. The first-order valence-corrected chi connectivity index (χ1v) is 8.60. The topological polar surface area (TPSA) is 101 Å². The van der Waals surface area contributed by atoms with Gasteiger partial charge in [-0.1, -0.05) is 26.0 Å². The van der Waals surface area contributed by atoms with E-state index in [2.05, 4.69) is 29.2 Å². The third kappa shape index (κ3) is 4.33. The van der Waals surface area contributed by atoms with Crippen LogP contribution >= 0.6 is 0 Å². The molecule has 0 fully saturated rings. The molecule has 0 saturated carbocycles. The molecular formula is C15H18N4O3S. The third-order valence-electron chi connectivity index (χ3n) is 3.47. The molecule has 1 unspecified atom stereocenters. The maximum atomic E-state index is 12.2. The zero-order chi connectivity index (χ0) is 16.9. The summed E-state index contributed by atoms with van der Waals surface area (Å²) < 4.78 is 24.3. The summed E-state index contributed by atoms with van der Waals surface area (Å²) in [4.78, 5) is 21.4. The van der Waals surface area contributed by atoms with Crippen LogP contribution in [0.5, 0.6) is 0 Å². The van der Waals surface area contributed by atoms with Gasteiger partial charge in [-0.3, -0.25) is 15.2 Å². The maximum absolute atomic E-state index is 12.2. The van der Waals surface area contributed by atoms with E-state index in [-0.39, 0.29) is 10.6 Å². The van der Waals surface area contributed by atoms with Gasteiger partial charge in [0.25, 0.3) is 15.9 Å². The predicted octanol–water partition coefficient (Wildman–Crippen LogP) is 1.61. The zero-order valence-corrected chi connectivity index (χ0v) is 13.7. The van der Waals surface area contributed by atoms with Crippen molar-refractivity contribution in [3.05, 3.63) is 54.1 Å². The van der Waals surface area contributed by atoms with E-state index >= 15 is 0 Å². The molecule has 8 heteroatoms. The van der Waals surface area contributed by atoms with Crippen molar-refractivity contribution >= 4 is 15.9 Å². The first-order valence-electron chi connectivity index (χ1n) is 7.12. The number of nitrogens with zero attached hydrogens (tertiary/aromatic N) is 2. The predicted molar refractivity (Wildman–Crippen MR) is 85.0 cm³/mol. The second kappa shape index (κ2) is 7.30. The molecule has 0 aliphatic rings. The van der Waals surface area contributed by atoms with Crippen molar-refractivity contribution < 1.29 is 13.2 Å². The number of rotatable bonds is 6. The number of carbonyl (C=O) groups excluding carboxylic acids is 1. The average Bonchev–Trinajstić information content (AvgIpc) is 2.60. The highest BCUT2D eigenvalue weighted by Crippen LogP contribution is 2.20. The minimum absolute atomic E-state index is 0.0160. The summed E-state index contributed by atoms with van der Waals surface area (Å²) in [7, 11) is -3.84. The molecule has 0 saturated heterocycles. The van der Waals surface area contributed by atoms with E-state index in [0.29, 0.717) is 5.92 Å². The van der Waals surface area contributed by atoms with Crippen molar-refractivity contribution in [2.45, 2.75) is 31.1 Å². The highest BCUT2D eigenvalue weighted by molar-refractivity contribution is 7.89. The average molecular weight is 334 g/mol. The SMILES string of the molecule is CCC(C)c1ccc(S(=O)(=O)NNC(=O)c2cnccn2)cc1. The largest absolute Gasteiger partial charge is 0.286 e. The van der Waals surface area contributed by atoms with Gasteiger partial charge < -0.3 is 0 Å². The van der Waals surface area contributed by atoms with Crippen LogP contribution < -0.4 is 10.3 Å². The van der Waals surface area contributed by atoms with Gasteiger partial charge in [-0.25, -0.2) is 13.4 Å². The lowest BCUT2D eigenvalue weighted by Gasteiger charge is -2.11. The van der Waals surface area contributed by atoms with Crippen LogP contribution in [0, 0.1) is 0 Å². The Bertz CT molecular complexity index is 761. The van der Waals surface area contributed by atoms with Gasteiger partial charge in [0.15, 0.2) is 0 Å². The second-order valence-electron chi connectivity index (χ2n) is 5.03. The first-order chi connectivity index (χ1) is 10.9. The Morgan fingerprint density at radius 3 is 2.48 bits per heavy atom. The van der Waals surface area contributed by atoms with Crippen LogP contribution in [0.1, 0.15) is 42.2 Å². The molecule has 0 spiro atoms. The van der Waals surface area contributed by atoms with E-state index in [1.54, 1.807) is 12.1 Å². The van der Waals surface area contributed by atoms with Crippen LogP contribution in [0.2, 0.25) is 0 Å². The van der Waals surface area contributed by atoms with E-state index in [1.165, 1.54) is 30.7 Å². The van der Waals surface area contributed by atoms with Gasteiger partial charge in [-0.05, 0) is 30.0 Å². The van der Waals surface area contributed by atoms with Crippen molar-refractivity contribution in [3.63, 3.8) is 0 Å². The van der Waals surface area contributed by atoms with Crippen LogP contribution in [0.4, 0.5) is 0 Å². The highest BCUT2D eigenvalue weighted by Gasteiger charge is 2.16. The Hall–Kier alpha value is -2.32. The fourth-order valence-corrected chi connectivity index (χ4v) is 2.70. The molecule has 1 heterocycles. The standard InChI is InChI=1S/C15H18N4O3S/c1-3-11(2)12-4-6-13(7-5-12)23(21,22)19-18-15(20)14-10-16-8-9-17-14/h4-11,19H,3H2,1-2H3,(H,18,20). The number of benzene rings is 1. The Labute approximate surface area is 135 Å². The molecule has 7 nitrogen and oxygen atoms in total. The van der Waals surface area contributed by atoms with Crippen molar-refractivity contribution in [1.82, 2.24) is 20.2 Å². The summed E-state index contributed by atoms with van der Waals surface area (Å²) in [6, 6.07) is 6.57. The summed E-state index contributed by atoms with van der Waals surface area (Å²) in [6.45, 7) is 4.14. The lowest BCUT2D eigenvalue weighted by molar-refractivity contribution is 0.0939. The summed E-state index contributed by atoms with van der Waals surface area (Å²) in [5, 5.41) is 0. The van der Waals surface area contributed by atoms with Gasteiger partial charge >= 0.3 is 0 Å². The number of carbonyl (C=O) groups is 1. The first kappa shape index (κ1) is 17.0. The molecule has 1 atom stereocenters. The minimum atomic E-state index is -3.84. The molecule has 0 bridgehead atoms. The van der Waals surface area contributed by atoms with Gasteiger partial charge in [-0.2, -0.15) is 0 Å². The van der Waals surface area contributed by atoms with E-state index in [4.69, 9.17) is 0 Å². The van der Waals surface area contributed by atoms with Crippen molar-refractivity contribution in [2.75, 3.05) is 0 Å². The summed E-state index contributed by atoms with van der Waals surface area (Å²) in [5.41, 5.74) is 3.19. The lowest BCUT2D eigenvalue weighted by Crippen LogP contribution is -2.41.